The Kier molecular flexibility index (Phi) is 5.42. The molecule has 0 radical (unpaired) electrons. The molecule has 0 heterocycles. The zero-order chi connectivity index (χ0) is 15.9. The van der Waals surface area contributed by atoms with E-state index in [2.05, 4.69) is 0 Å². The first-order chi connectivity index (χ1) is 10.6. The molecule has 0 unspecified atom stereocenters. The van der Waals surface area contributed by atoms with E-state index >= 15 is 0 Å². The molecule has 2 aromatic carbocycles. The smallest absolute Gasteiger partial charge is 0.337 e. The van der Waals surface area contributed by atoms with Gasteiger partial charge in [-0.15, -0.1) is 0 Å². The molecule has 0 bridgehead atoms. The lowest BCUT2D eigenvalue weighted by Crippen LogP contribution is -2.11. The molecule has 2 aromatic rings. The molecule has 0 spiro atoms. The normalized spacial score (nSPS) is 11.8. The van der Waals surface area contributed by atoms with E-state index in [9.17, 15) is 13.6 Å². The molecule has 0 aromatic heterocycles. The molecule has 114 valence electrons. The highest BCUT2D eigenvalue weighted by atomic mass is 19.1. The van der Waals surface area contributed by atoms with Crippen molar-refractivity contribution in [3.05, 3.63) is 77.1 Å². The van der Waals surface area contributed by atoms with Crippen molar-refractivity contribution in [1.29, 1.82) is 0 Å². The summed E-state index contributed by atoms with van der Waals surface area (Å²) in [6, 6.07) is 13.9. The molecule has 0 atom stereocenters. The van der Waals surface area contributed by atoms with Gasteiger partial charge in [-0.05, 0) is 24.6 Å². The number of carbonyl (C=O) groups excluding carboxylic acids is 1. The fourth-order valence-corrected chi connectivity index (χ4v) is 2.02. The second-order valence-corrected chi connectivity index (χ2v) is 4.68. The molecule has 0 fully saturated rings. The average Bonchev–Trinajstić information content (AvgIpc) is 2.54. The van der Waals surface area contributed by atoms with Crippen molar-refractivity contribution in [2.75, 3.05) is 6.61 Å². The summed E-state index contributed by atoms with van der Waals surface area (Å²) < 4.78 is 32.5. The third-order valence-electron chi connectivity index (χ3n) is 3.11. The van der Waals surface area contributed by atoms with Gasteiger partial charge >= 0.3 is 5.97 Å². The first kappa shape index (κ1) is 15.9. The number of carbonyl (C=O) groups is 1. The molecule has 0 aliphatic carbocycles. The van der Waals surface area contributed by atoms with Crippen molar-refractivity contribution in [3.63, 3.8) is 0 Å². The van der Waals surface area contributed by atoms with Gasteiger partial charge in [-0.25, -0.2) is 13.6 Å². The minimum absolute atomic E-state index is 0.0415. The molecule has 0 saturated carbocycles. The van der Waals surface area contributed by atoms with E-state index in [1.54, 1.807) is 37.3 Å². The second-order valence-electron chi connectivity index (χ2n) is 4.68. The van der Waals surface area contributed by atoms with Crippen LogP contribution >= 0.6 is 0 Å². The summed E-state index contributed by atoms with van der Waals surface area (Å²) in [6.45, 7) is 1.82. The first-order valence-corrected chi connectivity index (χ1v) is 6.97. The summed E-state index contributed by atoms with van der Waals surface area (Å²) >= 11 is 0. The van der Waals surface area contributed by atoms with E-state index < -0.39 is 11.8 Å². The van der Waals surface area contributed by atoms with E-state index in [0.717, 1.165) is 0 Å². The first-order valence-electron chi connectivity index (χ1n) is 6.97. The molecule has 0 amide bonds. The largest absolute Gasteiger partial charge is 0.463 e. The molecular weight excluding hydrogens is 286 g/mol. The van der Waals surface area contributed by atoms with E-state index in [0.29, 0.717) is 11.1 Å². The predicted octanol–water partition coefficient (Wildman–Crippen LogP) is 4.31. The number of benzene rings is 2. The minimum atomic E-state index is -0.701. The number of hydrogen-bond acceptors (Lipinski definition) is 2. The Bertz CT molecular complexity index is 661. The summed E-state index contributed by atoms with van der Waals surface area (Å²) in [5.41, 5.74) is 0.878. The van der Waals surface area contributed by atoms with Gasteiger partial charge in [-0.3, -0.25) is 0 Å². The number of ether oxygens (including phenoxy) is 1. The number of esters is 1. The van der Waals surface area contributed by atoms with Gasteiger partial charge in [0.1, 0.15) is 11.6 Å². The summed E-state index contributed by atoms with van der Waals surface area (Å²) in [7, 11) is 0. The highest BCUT2D eigenvalue weighted by molar-refractivity contribution is 5.96. The highest BCUT2D eigenvalue weighted by Gasteiger charge is 2.19. The summed E-state index contributed by atoms with van der Waals surface area (Å²) in [4.78, 5) is 12.0. The maximum absolute atomic E-state index is 14.6. The third-order valence-corrected chi connectivity index (χ3v) is 3.11. The standard InChI is InChI=1S/C18H16F2O2/c1-2-22-18(21)16(12-13-8-10-15(19)11-9-13)17(20)14-6-4-3-5-7-14/h3-11H,2,12H2,1H3/b17-16+. The molecule has 2 rings (SSSR count). The van der Waals surface area contributed by atoms with Crippen LogP contribution in [0.1, 0.15) is 18.1 Å². The van der Waals surface area contributed by atoms with Crippen LogP contribution in [-0.4, -0.2) is 12.6 Å². The van der Waals surface area contributed by atoms with Crippen molar-refractivity contribution in [2.45, 2.75) is 13.3 Å². The fourth-order valence-electron chi connectivity index (χ4n) is 2.02. The zero-order valence-corrected chi connectivity index (χ0v) is 12.2. The van der Waals surface area contributed by atoms with E-state index in [-0.39, 0.29) is 24.4 Å². The zero-order valence-electron chi connectivity index (χ0n) is 12.2. The Morgan fingerprint density at radius 1 is 1.05 bits per heavy atom. The summed E-state index contributed by atoms with van der Waals surface area (Å²) in [5.74, 6) is -1.70. The van der Waals surface area contributed by atoms with Gasteiger partial charge in [0, 0.05) is 12.0 Å². The molecule has 0 saturated heterocycles. The summed E-state index contributed by atoms with van der Waals surface area (Å²) in [6.07, 6.45) is 0.0415. The summed E-state index contributed by atoms with van der Waals surface area (Å²) in [5, 5.41) is 0. The molecule has 0 N–H and O–H groups in total. The lowest BCUT2D eigenvalue weighted by molar-refractivity contribution is -0.138. The molecule has 22 heavy (non-hydrogen) atoms. The molecule has 2 nitrogen and oxygen atoms in total. The highest BCUT2D eigenvalue weighted by Crippen LogP contribution is 2.24. The van der Waals surface area contributed by atoms with Gasteiger partial charge in [-0.1, -0.05) is 42.5 Å². The number of halogens is 2. The van der Waals surface area contributed by atoms with Crippen LogP contribution in [0, 0.1) is 5.82 Å². The SMILES string of the molecule is CCOC(=O)/C(Cc1ccc(F)cc1)=C(/F)c1ccccc1. The quantitative estimate of drug-likeness (QED) is 0.607. The molecule has 4 heteroatoms. The van der Waals surface area contributed by atoms with Crippen molar-refractivity contribution in [1.82, 2.24) is 0 Å². The number of rotatable bonds is 5. The topological polar surface area (TPSA) is 26.3 Å². The van der Waals surface area contributed by atoms with Crippen LogP contribution < -0.4 is 0 Å². The third kappa shape index (κ3) is 4.01. The van der Waals surface area contributed by atoms with Crippen LogP contribution in [0.3, 0.4) is 0 Å². The van der Waals surface area contributed by atoms with E-state index in [1.807, 2.05) is 0 Å². The van der Waals surface area contributed by atoms with E-state index in [1.165, 1.54) is 24.3 Å². The van der Waals surface area contributed by atoms with Gasteiger partial charge in [0.25, 0.3) is 0 Å². The minimum Gasteiger partial charge on any atom is -0.463 e. The van der Waals surface area contributed by atoms with Crippen molar-refractivity contribution in [2.24, 2.45) is 0 Å². The van der Waals surface area contributed by atoms with Gasteiger partial charge in [-0.2, -0.15) is 0 Å². The van der Waals surface area contributed by atoms with E-state index in [4.69, 9.17) is 4.74 Å². The monoisotopic (exact) mass is 302 g/mol. The lowest BCUT2D eigenvalue weighted by Gasteiger charge is -2.10. The molecular formula is C18H16F2O2. The Hall–Kier alpha value is -2.49. The average molecular weight is 302 g/mol. The Labute approximate surface area is 128 Å². The van der Waals surface area contributed by atoms with Crippen LogP contribution in [0.25, 0.3) is 5.83 Å². The fraction of sp³-hybridized carbons (Fsp3) is 0.167. The van der Waals surface area contributed by atoms with Crippen LogP contribution in [0.5, 0.6) is 0 Å². The van der Waals surface area contributed by atoms with Gasteiger partial charge < -0.3 is 4.74 Å². The van der Waals surface area contributed by atoms with Crippen LogP contribution in [0.2, 0.25) is 0 Å². The van der Waals surface area contributed by atoms with Crippen molar-refractivity contribution >= 4 is 11.8 Å². The lowest BCUT2D eigenvalue weighted by atomic mass is 10.0. The van der Waals surface area contributed by atoms with Crippen LogP contribution in [-0.2, 0) is 16.0 Å². The maximum Gasteiger partial charge on any atom is 0.337 e. The molecule has 0 aliphatic heterocycles. The molecule has 0 aliphatic rings. The van der Waals surface area contributed by atoms with Gasteiger partial charge in [0.2, 0.25) is 0 Å². The Morgan fingerprint density at radius 3 is 2.27 bits per heavy atom. The van der Waals surface area contributed by atoms with Crippen molar-refractivity contribution in [3.8, 4) is 0 Å². The maximum atomic E-state index is 14.6. The second kappa shape index (κ2) is 7.50. The number of hydrogen-bond donors (Lipinski definition) is 0. The van der Waals surface area contributed by atoms with Gasteiger partial charge in [0.05, 0.1) is 12.2 Å². The van der Waals surface area contributed by atoms with Crippen molar-refractivity contribution < 1.29 is 18.3 Å². The predicted molar refractivity (Wildman–Crippen MR) is 81.2 cm³/mol. The van der Waals surface area contributed by atoms with Crippen LogP contribution in [0.4, 0.5) is 8.78 Å². The Balaban J connectivity index is 2.38. The van der Waals surface area contributed by atoms with Gasteiger partial charge in [0.15, 0.2) is 0 Å². The Morgan fingerprint density at radius 2 is 1.68 bits per heavy atom. The van der Waals surface area contributed by atoms with Crippen LogP contribution in [0.15, 0.2) is 60.2 Å².